The number of hydrogen-bond acceptors (Lipinski definition) is 11. The van der Waals surface area contributed by atoms with Gasteiger partial charge in [-0.15, -0.1) is 11.3 Å². The standard InChI is InChI=1S/C23H25F3N6O6S2/c1-11-13(20-22-31-18(23(24,25)26)9-32(22)3-4-37-20)7-17(39-11)19(34)14-8-28-10-29-21(14)30-12-5-15(33)16(6-12)38-40(35,36)27-2/h7-10,12,15-16,20,27,33H,3-6H2,1-2H3,(H,28,29,30)/t12-,15+,16-,20+/m1/s1. The van der Waals surface area contributed by atoms with Crippen molar-refractivity contribution in [1.29, 1.82) is 0 Å². The van der Waals surface area contributed by atoms with E-state index in [9.17, 15) is 31.5 Å². The Hall–Kier alpha value is -2.96. The number of nitrogens with one attached hydrogen (secondary N) is 2. The van der Waals surface area contributed by atoms with Gasteiger partial charge in [0.05, 0.1) is 23.2 Å². The van der Waals surface area contributed by atoms with E-state index in [0.717, 1.165) is 17.5 Å². The highest BCUT2D eigenvalue weighted by atomic mass is 32.2. The molecule has 3 aromatic heterocycles. The number of nitrogens with zero attached hydrogens (tertiary/aromatic N) is 4. The van der Waals surface area contributed by atoms with E-state index in [4.69, 9.17) is 8.92 Å². The molecule has 1 aliphatic heterocycles. The Balaban J connectivity index is 1.37. The van der Waals surface area contributed by atoms with E-state index in [0.29, 0.717) is 15.3 Å². The number of ketones is 1. The van der Waals surface area contributed by atoms with Crippen LogP contribution in [0.3, 0.4) is 0 Å². The third-order valence-electron chi connectivity index (χ3n) is 6.68. The number of rotatable bonds is 8. The summed E-state index contributed by atoms with van der Waals surface area (Å²) in [6, 6.07) is 1.12. The number of carbonyl (C=O) groups is 1. The molecule has 0 aromatic carbocycles. The van der Waals surface area contributed by atoms with Crippen LogP contribution in [0.25, 0.3) is 0 Å². The predicted octanol–water partition coefficient (Wildman–Crippen LogP) is 2.20. The van der Waals surface area contributed by atoms with Gasteiger partial charge in [-0.25, -0.2) is 15.0 Å². The average Bonchev–Trinajstić information content (AvgIpc) is 3.60. The second-order valence-corrected chi connectivity index (χ2v) is 12.1. The van der Waals surface area contributed by atoms with Crippen LogP contribution >= 0.6 is 11.3 Å². The molecule has 3 N–H and O–H groups in total. The van der Waals surface area contributed by atoms with Gasteiger partial charge in [0.1, 0.15) is 30.2 Å². The van der Waals surface area contributed by atoms with Crippen molar-refractivity contribution >= 4 is 33.2 Å². The molecule has 40 heavy (non-hydrogen) atoms. The maximum atomic E-state index is 13.5. The van der Waals surface area contributed by atoms with Gasteiger partial charge in [-0.3, -0.25) is 8.98 Å². The monoisotopic (exact) mass is 602 g/mol. The molecule has 1 saturated carbocycles. The molecule has 4 atom stereocenters. The first-order valence-corrected chi connectivity index (χ1v) is 14.4. The normalized spacial score (nSPS) is 23.2. The summed E-state index contributed by atoms with van der Waals surface area (Å²) in [6.07, 6.45) is -3.72. The van der Waals surface area contributed by atoms with Gasteiger partial charge in [0.15, 0.2) is 5.69 Å². The molecule has 0 spiro atoms. The van der Waals surface area contributed by atoms with Crippen LogP contribution in [0.4, 0.5) is 19.0 Å². The van der Waals surface area contributed by atoms with E-state index in [2.05, 4.69) is 20.3 Å². The van der Waals surface area contributed by atoms with E-state index in [1.807, 2.05) is 4.72 Å². The van der Waals surface area contributed by atoms with Crippen molar-refractivity contribution < 1.29 is 40.4 Å². The number of thiophene rings is 1. The first kappa shape index (κ1) is 28.6. The van der Waals surface area contributed by atoms with Crippen molar-refractivity contribution in [2.24, 2.45) is 0 Å². The zero-order valence-electron chi connectivity index (χ0n) is 21.2. The van der Waals surface area contributed by atoms with Crippen LogP contribution in [0, 0.1) is 6.92 Å². The molecule has 5 rings (SSSR count). The van der Waals surface area contributed by atoms with Gasteiger partial charge in [-0.1, -0.05) is 0 Å². The fourth-order valence-corrected chi connectivity index (χ4v) is 6.37. The molecule has 0 bridgehead atoms. The molecule has 12 nitrogen and oxygen atoms in total. The first-order chi connectivity index (χ1) is 18.9. The topological polar surface area (TPSA) is 158 Å². The second kappa shape index (κ2) is 10.8. The van der Waals surface area contributed by atoms with Crippen LogP contribution in [-0.2, 0) is 31.9 Å². The van der Waals surface area contributed by atoms with Crippen LogP contribution in [0.1, 0.15) is 56.1 Å². The van der Waals surface area contributed by atoms with Crippen molar-refractivity contribution in [3.05, 3.63) is 57.2 Å². The third-order valence-corrected chi connectivity index (χ3v) is 8.75. The smallest absolute Gasteiger partial charge is 0.390 e. The Morgan fingerprint density at radius 1 is 1.32 bits per heavy atom. The second-order valence-electron chi connectivity index (χ2n) is 9.34. The number of aliphatic hydroxyl groups is 1. The molecular formula is C23H25F3N6O6S2. The molecule has 0 unspecified atom stereocenters. The lowest BCUT2D eigenvalue weighted by Crippen LogP contribution is -2.31. The minimum absolute atomic E-state index is 0.112. The third kappa shape index (κ3) is 5.75. The average molecular weight is 603 g/mol. The molecule has 17 heteroatoms. The fourth-order valence-electron chi connectivity index (χ4n) is 4.74. The molecular weight excluding hydrogens is 577 g/mol. The van der Waals surface area contributed by atoms with Crippen molar-refractivity contribution in [3.63, 3.8) is 0 Å². The Bertz CT molecular complexity index is 1530. The Kier molecular flexibility index (Phi) is 7.71. The van der Waals surface area contributed by atoms with Gasteiger partial charge in [0.25, 0.3) is 0 Å². The summed E-state index contributed by atoms with van der Waals surface area (Å²) in [5.74, 6) is -0.136. The van der Waals surface area contributed by atoms with Gasteiger partial charge >= 0.3 is 16.5 Å². The van der Waals surface area contributed by atoms with Crippen LogP contribution in [0.5, 0.6) is 0 Å². The van der Waals surface area contributed by atoms with Gasteiger partial charge in [0.2, 0.25) is 5.78 Å². The summed E-state index contributed by atoms with van der Waals surface area (Å²) < 4.78 is 77.5. The zero-order chi connectivity index (χ0) is 28.8. The van der Waals surface area contributed by atoms with E-state index in [1.165, 1.54) is 24.1 Å². The number of halogens is 3. The number of fused-ring (bicyclic) bond motifs is 1. The lowest BCUT2D eigenvalue weighted by atomic mass is 10.1. The summed E-state index contributed by atoms with van der Waals surface area (Å²) >= 11 is 1.15. The molecule has 3 aromatic rings. The number of carbonyl (C=O) groups excluding carboxylic acids is 1. The Labute approximate surface area is 230 Å². The number of alkyl halides is 3. The van der Waals surface area contributed by atoms with Gasteiger partial charge < -0.3 is 19.7 Å². The lowest BCUT2D eigenvalue weighted by molar-refractivity contribution is -0.141. The van der Waals surface area contributed by atoms with Crippen LogP contribution < -0.4 is 10.0 Å². The van der Waals surface area contributed by atoms with E-state index in [-0.39, 0.29) is 43.2 Å². The lowest BCUT2D eigenvalue weighted by Gasteiger charge is -2.24. The zero-order valence-corrected chi connectivity index (χ0v) is 22.8. The number of ether oxygens (including phenoxy) is 1. The highest BCUT2D eigenvalue weighted by molar-refractivity contribution is 7.84. The van der Waals surface area contributed by atoms with Gasteiger partial charge in [0, 0.05) is 42.5 Å². The maximum Gasteiger partial charge on any atom is 0.434 e. The number of aliphatic hydroxyl groups excluding tert-OH is 1. The number of anilines is 1. The largest absolute Gasteiger partial charge is 0.434 e. The predicted molar refractivity (Wildman–Crippen MR) is 135 cm³/mol. The van der Waals surface area contributed by atoms with Crippen LogP contribution in [0.15, 0.2) is 24.8 Å². The first-order valence-electron chi connectivity index (χ1n) is 12.1. The number of aromatic nitrogens is 4. The minimum Gasteiger partial charge on any atom is -0.390 e. The Morgan fingerprint density at radius 3 is 2.83 bits per heavy atom. The molecule has 216 valence electrons. The van der Waals surface area contributed by atoms with Crippen molar-refractivity contribution in [2.75, 3.05) is 19.0 Å². The summed E-state index contributed by atoms with van der Waals surface area (Å²) in [7, 11) is -2.82. The highest BCUT2D eigenvalue weighted by Crippen LogP contribution is 2.38. The number of aryl methyl sites for hydroxylation is 1. The molecule has 0 amide bonds. The summed E-state index contributed by atoms with van der Waals surface area (Å²) in [5, 5.41) is 13.4. The van der Waals surface area contributed by atoms with Crippen LogP contribution in [-0.4, -0.2) is 70.7 Å². The maximum absolute atomic E-state index is 13.5. The quantitative estimate of drug-likeness (QED) is 0.327. The minimum atomic E-state index is -4.60. The molecule has 4 heterocycles. The van der Waals surface area contributed by atoms with Crippen molar-refractivity contribution in [3.8, 4) is 0 Å². The van der Waals surface area contributed by atoms with Crippen molar-refractivity contribution in [1.82, 2.24) is 24.2 Å². The highest BCUT2D eigenvalue weighted by Gasteiger charge is 2.39. The number of hydrogen-bond donors (Lipinski definition) is 3. The Morgan fingerprint density at radius 2 is 2.10 bits per heavy atom. The van der Waals surface area contributed by atoms with E-state index in [1.54, 1.807) is 13.0 Å². The SMILES string of the molecule is CNS(=O)(=O)O[C@@H]1C[C@H](Nc2ncncc2C(=O)c2cc([C@@H]3OCCn4cc(C(F)(F)F)nc43)c(C)s2)C[C@@H]1O. The molecule has 1 aliphatic carbocycles. The summed E-state index contributed by atoms with van der Waals surface area (Å²) in [5.41, 5.74) is -0.348. The molecule has 2 aliphatic rings. The number of imidazole rings is 1. The van der Waals surface area contributed by atoms with Crippen molar-refractivity contribution in [2.45, 2.75) is 56.8 Å². The van der Waals surface area contributed by atoms with E-state index < -0.39 is 52.3 Å². The summed E-state index contributed by atoms with van der Waals surface area (Å²) in [4.78, 5) is 26.4. The molecule has 0 saturated heterocycles. The van der Waals surface area contributed by atoms with Gasteiger partial charge in [-0.2, -0.15) is 26.3 Å². The van der Waals surface area contributed by atoms with Gasteiger partial charge in [-0.05, 0) is 25.8 Å². The molecule has 1 fully saturated rings. The summed E-state index contributed by atoms with van der Waals surface area (Å²) in [6.45, 7) is 2.15. The van der Waals surface area contributed by atoms with Crippen LogP contribution in [0.2, 0.25) is 0 Å². The van der Waals surface area contributed by atoms with E-state index >= 15 is 0 Å². The molecule has 0 radical (unpaired) electrons. The fraction of sp³-hybridized carbons (Fsp3) is 0.478.